The molecule has 3 rings (SSSR count). The SMILES string of the molecule is C=Cc1ccc2c(c1)NC(=O)C2=CNc1ccc(NC(C)=O)cc1. The van der Waals surface area contributed by atoms with Crippen molar-refractivity contribution in [3.8, 4) is 0 Å². The number of fused-ring (bicyclic) bond motifs is 1. The Kier molecular flexibility index (Phi) is 4.16. The van der Waals surface area contributed by atoms with Gasteiger partial charge >= 0.3 is 0 Å². The molecule has 120 valence electrons. The summed E-state index contributed by atoms with van der Waals surface area (Å²) < 4.78 is 0. The van der Waals surface area contributed by atoms with Gasteiger partial charge in [0.2, 0.25) is 5.91 Å². The summed E-state index contributed by atoms with van der Waals surface area (Å²) in [7, 11) is 0. The Morgan fingerprint density at radius 1 is 1.12 bits per heavy atom. The summed E-state index contributed by atoms with van der Waals surface area (Å²) in [5.41, 5.74) is 4.71. The fourth-order valence-corrected chi connectivity index (χ4v) is 2.49. The molecular weight excluding hydrogens is 302 g/mol. The molecule has 0 aliphatic carbocycles. The second-order valence-electron chi connectivity index (χ2n) is 5.42. The molecule has 5 heteroatoms. The van der Waals surface area contributed by atoms with Gasteiger partial charge in [0, 0.05) is 35.7 Å². The summed E-state index contributed by atoms with van der Waals surface area (Å²) in [6.45, 7) is 5.19. The van der Waals surface area contributed by atoms with Gasteiger partial charge < -0.3 is 16.0 Å². The van der Waals surface area contributed by atoms with Crippen molar-refractivity contribution in [2.75, 3.05) is 16.0 Å². The van der Waals surface area contributed by atoms with E-state index in [9.17, 15) is 9.59 Å². The van der Waals surface area contributed by atoms with Crippen LogP contribution in [0.3, 0.4) is 0 Å². The number of amides is 2. The highest BCUT2D eigenvalue weighted by atomic mass is 16.2. The quantitative estimate of drug-likeness (QED) is 0.753. The lowest BCUT2D eigenvalue weighted by Crippen LogP contribution is -2.06. The Hall–Kier alpha value is -3.34. The number of benzene rings is 2. The number of nitrogens with one attached hydrogen (secondary N) is 3. The van der Waals surface area contributed by atoms with Gasteiger partial charge in [-0.05, 0) is 35.9 Å². The van der Waals surface area contributed by atoms with Crippen molar-refractivity contribution >= 4 is 40.5 Å². The van der Waals surface area contributed by atoms with E-state index in [-0.39, 0.29) is 11.8 Å². The summed E-state index contributed by atoms with van der Waals surface area (Å²) in [6, 6.07) is 13.0. The van der Waals surface area contributed by atoms with Gasteiger partial charge in [-0.2, -0.15) is 0 Å². The lowest BCUT2D eigenvalue weighted by Gasteiger charge is -2.05. The summed E-state index contributed by atoms with van der Waals surface area (Å²) in [5, 5.41) is 8.66. The lowest BCUT2D eigenvalue weighted by molar-refractivity contribution is -0.114. The van der Waals surface area contributed by atoms with Crippen LogP contribution in [0.2, 0.25) is 0 Å². The van der Waals surface area contributed by atoms with Gasteiger partial charge in [0.1, 0.15) is 0 Å². The second kappa shape index (κ2) is 6.42. The molecule has 0 aromatic heterocycles. The van der Waals surface area contributed by atoms with Crippen molar-refractivity contribution in [1.29, 1.82) is 0 Å². The zero-order valence-corrected chi connectivity index (χ0v) is 13.2. The molecule has 0 spiro atoms. The van der Waals surface area contributed by atoms with Crippen LogP contribution in [0.15, 0.2) is 55.2 Å². The van der Waals surface area contributed by atoms with Crippen LogP contribution in [0, 0.1) is 0 Å². The molecule has 5 nitrogen and oxygen atoms in total. The molecule has 2 amide bonds. The van der Waals surface area contributed by atoms with E-state index in [1.54, 1.807) is 24.4 Å². The summed E-state index contributed by atoms with van der Waals surface area (Å²) >= 11 is 0. The summed E-state index contributed by atoms with van der Waals surface area (Å²) in [6.07, 6.45) is 3.42. The largest absolute Gasteiger partial charge is 0.361 e. The van der Waals surface area contributed by atoms with Crippen LogP contribution in [0.5, 0.6) is 0 Å². The standard InChI is InChI=1S/C19H17N3O2/c1-3-13-4-9-16-17(19(24)22-18(16)10-13)11-20-14-5-7-15(8-6-14)21-12(2)23/h3-11,20H,1H2,2H3,(H,21,23)(H,22,24). The minimum Gasteiger partial charge on any atom is -0.361 e. The number of hydrogen-bond acceptors (Lipinski definition) is 3. The predicted molar refractivity (Wildman–Crippen MR) is 97.5 cm³/mol. The highest BCUT2D eigenvalue weighted by Gasteiger charge is 2.23. The number of rotatable bonds is 4. The van der Waals surface area contributed by atoms with Crippen LogP contribution in [0.1, 0.15) is 18.1 Å². The summed E-state index contributed by atoms with van der Waals surface area (Å²) in [4.78, 5) is 23.1. The Balaban J connectivity index is 1.79. The van der Waals surface area contributed by atoms with Crippen molar-refractivity contribution in [3.63, 3.8) is 0 Å². The molecule has 0 atom stereocenters. The Morgan fingerprint density at radius 2 is 1.83 bits per heavy atom. The number of carbonyl (C=O) groups is 2. The molecule has 2 aromatic rings. The van der Waals surface area contributed by atoms with Crippen LogP contribution in [0.25, 0.3) is 11.6 Å². The zero-order valence-electron chi connectivity index (χ0n) is 13.2. The van der Waals surface area contributed by atoms with E-state index in [2.05, 4.69) is 22.5 Å². The molecule has 0 saturated heterocycles. The minimum atomic E-state index is -0.145. The number of hydrogen-bond donors (Lipinski definition) is 3. The monoisotopic (exact) mass is 319 g/mol. The van der Waals surface area contributed by atoms with Crippen molar-refractivity contribution in [2.24, 2.45) is 0 Å². The molecule has 1 aliphatic rings. The number of anilines is 3. The first kappa shape index (κ1) is 15.6. The normalized spacial score (nSPS) is 14.0. The maximum absolute atomic E-state index is 12.1. The molecule has 24 heavy (non-hydrogen) atoms. The minimum absolute atomic E-state index is 0.115. The Bertz CT molecular complexity index is 851. The van der Waals surface area contributed by atoms with E-state index in [1.165, 1.54) is 6.92 Å². The van der Waals surface area contributed by atoms with Crippen molar-refractivity contribution in [1.82, 2.24) is 0 Å². The fourth-order valence-electron chi connectivity index (χ4n) is 2.49. The van der Waals surface area contributed by atoms with Crippen molar-refractivity contribution in [2.45, 2.75) is 6.92 Å². The van der Waals surface area contributed by atoms with Crippen LogP contribution in [-0.2, 0) is 9.59 Å². The molecule has 1 aliphatic heterocycles. The van der Waals surface area contributed by atoms with Crippen LogP contribution >= 0.6 is 0 Å². The third kappa shape index (κ3) is 3.20. The smallest absolute Gasteiger partial charge is 0.257 e. The third-order valence-corrected chi connectivity index (χ3v) is 3.65. The van der Waals surface area contributed by atoms with E-state index in [1.807, 2.05) is 30.3 Å². The van der Waals surface area contributed by atoms with Gasteiger partial charge in [-0.25, -0.2) is 0 Å². The van der Waals surface area contributed by atoms with E-state index < -0.39 is 0 Å². The van der Waals surface area contributed by atoms with E-state index in [4.69, 9.17) is 0 Å². The molecular formula is C19H17N3O2. The van der Waals surface area contributed by atoms with Crippen molar-refractivity contribution in [3.05, 3.63) is 66.4 Å². The predicted octanol–water partition coefficient (Wildman–Crippen LogP) is 3.69. The van der Waals surface area contributed by atoms with E-state index in [0.29, 0.717) is 5.57 Å². The first-order chi connectivity index (χ1) is 11.6. The lowest BCUT2D eigenvalue weighted by atomic mass is 10.1. The first-order valence-corrected chi connectivity index (χ1v) is 7.49. The molecule has 0 saturated carbocycles. The van der Waals surface area contributed by atoms with Crippen LogP contribution in [-0.4, -0.2) is 11.8 Å². The summed E-state index contributed by atoms with van der Waals surface area (Å²) in [5.74, 6) is -0.260. The molecule has 0 fully saturated rings. The highest BCUT2D eigenvalue weighted by molar-refractivity contribution is 6.31. The topological polar surface area (TPSA) is 70.2 Å². The van der Waals surface area contributed by atoms with Gasteiger partial charge in [0.05, 0.1) is 5.57 Å². The van der Waals surface area contributed by atoms with E-state index in [0.717, 1.165) is 28.2 Å². The fraction of sp³-hybridized carbons (Fsp3) is 0.0526. The van der Waals surface area contributed by atoms with Gasteiger partial charge in [0.15, 0.2) is 0 Å². The third-order valence-electron chi connectivity index (χ3n) is 3.65. The Labute approximate surface area is 140 Å². The van der Waals surface area contributed by atoms with E-state index >= 15 is 0 Å². The second-order valence-corrected chi connectivity index (χ2v) is 5.42. The van der Waals surface area contributed by atoms with Crippen LogP contribution < -0.4 is 16.0 Å². The maximum Gasteiger partial charge on any atom is 0.257 e. The van der Waals surface area contributed by atoms with Gasteiger partial charge in [-0.3, -0.25) is 9.59 Å². The molecule has 0 bridgehead atoms. The average Bonchev–Trinajstić information content (AvgIpc) is 2.88. The molecule has 0 radical (unpaired) electrons. The number of carbonyl (C=O) groups excluding carboxylic acids is 2. The molecule has 3 N–H and O–H groups in total. The molecule has 1 heterocycles. The highest BCUT2D eigenvalue weighted by Crippen LogP contribution is 2.32. The first-order valence-electron chi connectivity index (χ1n) is 7.49. The maximum atomic E-state index is 12.1. The zero-order chi connectivity index (χ0) is 17.1. The van der Waals surface area contributed by atoms with Gasteiger partial charge in [-0.15, -0.1) is 0 Å². The molecule has 2 aromatic carbocycles. The van der Waals surface area contributed by atoms with Crippen LogP contribution in [0.4, 0.5) is 17.1 Å². The Morgan fingerprint density at radius 3 is 2.50 bits per heavy atom. The van der Waals surface area contributed by atoms with Crippen molar-refractivity contribution < 1.29 is 9.59 Å². The van der Waals surface area contributed by atoms with Gasteiger partial charge in [-0.1, -0.05) is 24.8 Å². The average molecular weight is 319 g/mol. The molecule has 0 unspecified atom stereocenters. The van der Waals surface area contributed by atoms with Gasteiger partial charge in [0.25, 0.3) is 5.91 Å².